The number of aromatic nitrogens is 1. The number of ether oxygens (including phenoxy) is 3. The van der Waals surface area contributed by atoms with E-state index in [0.29, 0.717) is 31.6 Å². The smallest absolute Gasteiger partial charge is 0.213 e. The monoisotopic (exact) mass is 520 g/mol. The fourth-order valence-corrected chi connectivity index (χ4v) is 2.48. The molecule has 158 valence electrons. The van der Waals surface area contributed by atoms with E-state index in [0.717, 1.165) is 22.7 Å². The van der Waals surface area contributed by atoms with E-state index in [-0.39, 0.29) is 24.0 Å². The molecular formula is C22H25IN4O3. The van der Waals surface area contributed by atoms with Crippen molar-refractivity contribution < 1.29 is 14.2 Å². The van der Waals surface area contributed by atoms with Gasteiger partial charge in [-0.05, 0) is 29.8 Å². The van der Waals surface area contributed by atoms with Crippen LogP contribution in [0.15, 0.2) is 77.9 Å². The Balaban J connectivity index is 0.00000320. The van der Waals surface area contributed by atoms with Crippen LogP contribution in [0.4, 0.5) is 5.69 Å². The van der Waals surface area contributed by atoms with Gasteiger partial charge in [0, 0.05) is 24.0 Å². The summed E-state index contributed by atoms with van der Waals surface area (Å²) in [5.41, 5.74) is 7.68. The van der Waals surface area contributed by atoms with Crippen molar-refractivity contribution in [2.24, 2.45) is 10.7 Å². The molecular weight excluding hydrogens is 495 g/mol. The van der Waals surface area contributed by atoms with Gasteiger partial charge >= 0.3 is 0 Å². The van der Waals surface area contributed by atoms with Gasteiger partial charge in [0.25, 0.3) is 0 Å². The number of nitrogens with zero attached hydrogens (tertiary/aromatic N) is 2. The number of benzene rings is 2. The molecule has 0 aliphatic heterocycles. The van der Waals surface area contributed by atoms with Gasteiger partial charge in [-0.25, -0.2) is 9.98 Å². The first-order valence-electron chi connectivity index (χ1n) is 9.19. The summed E-state index contributed by atoms with van der Waals surface area (Å²) >= 11 is 0. The molecule has 0 aliphatic carbocycles. The van der Waals surface area contributed by atoms with E-state index in [2.05, 4.69) is 15.3 Å². The van der Waals surface area contributed by atoms with E-state index in [1.807, 2.05) is 60.7 Å². The number of hydrogen-bond acceptors (Lipinski definition) is 5. The predicted molar refractivity (Wildman–Crippen MR) is 129 cm³/mol. The summed E-state index contributed by atoms with van der Waals surface area (Å²) in [6, 6.07) is 20.8. The summed E-state index contributed by atoms with van der Waals surface area (Å²) in [4.78, 5) is 8.61. The lowest BCUT2D eigenvalue weighted by atomic mass is 10.3. The van der Waals surface area contributed by atoms with E-state index >= 15 is 0 Å². The Morgan fingerprint density at radius 1 is 0.967 bits per heavy atom. The van der Waals surface area contributed by atoms with E-state index in [1.54, 1.807) is 19.4 Å². The van der Waals surface area contributed by atoms with Gasteiger partial charge in [-0.2, -0.15) is 0 Å². The molecule has 3 N–H and O–H groups in total. The SMILES string of the molecule is COc1cccc(NC(N)=NCc2ccc(OCCOc3ccccc3)nc2)c1.I. The first-order chi connectivity index (χ1) is 14.2. The number of nitrogens with two attached hydrogens (primary N) is 1. The lowest BCUT2D eigenvalue weighted by molar-refractivity contribution is 0.212. The van der Waals surface area contributed by atoms with E-state index in [4.69, 9.17) is 19.9 Å². The molecule has 3 rings (SSSR count). The van der Waals surface area contributed by atoms with Crippen molar-refractivity contribution in [1.29, 1.82) is 0 Å². The number of nitrogens with one attached hydrogen (secondary N) is 1. The lowest BCUT2D eigenvalue weighted by Crippen LogP contribution is -2.22. The van der Waals surface area contributed by atoms with Gasteiger partial charge in [-0.1, -0.05) is 30.3 Å². The average Bonchev–Trinajstić information content (AvgIpc) is 2.77. The zero-order valence-corrected chi connectivity index (χ0v) is 19.0. The number of pyridine rings is 1. The highest BCUT2D eigenvalue weighted by atomic mass is 127. The van der Waals surface area contributed by atoms with Crippen LogP contribution in [0.1, 0.15) is 5.56 Å². The molecule has 0 saturated heterocycles. The van der Waals surface area contributed by atoms with Gasteiger partial charge in [0.05, 0.1) is 13.7 Å². The van der Waals surface area contributed by atoms with Gasteiger partial charge < -0.3 is 25.3 Å². The second-order valence-corrected chi connectivity index (χ2v) is 6.07. The quantitative estimate of drug-likeness (QED) is 0.191. The normalized spacial score (nSPS) is 10.6. The van der Waals surface area contributed by atoms with E-state index < -0.39 is 0 Å². The van der Waals surface area contributed by atoms with Crippen molar-refractivity contribution >= 4 is 35.6 Å². The average molecular weight is 520 g/mol. The van der Waals surface area contributed by atoms with Crippen molar-refractivity contribution in [3.63, 3.8) is 0 Å². The predicted octanol–water partition coefficient (Wildman–Crippen LogP) is 4.09. The molecule has 1 heterocycles. The van der Waals surface area contributed by atoms with Crippen molar-refractivity contribution in [1.82, 2.24) is 4.98 Å². The maximum Gasteiger partial charge on any atom is 0.213 e. The summed E-state index contributed by atoms with van der Waals surface area (Å²) in [5, 5.41) is 3.03. The van der Waals surface area contributed by atoms with Crippen LogP contribution < -0.4 is 25.3 Å². The van der Waals surface area contributed by atoms with Crippen LogP contribution in [0, 0.1) is 0 Å². The molecule has 0 saturated carbocycles. The summed E-state index contributed by atoms with van der Waals surface area (Å²) in [6.45, 7) is 1.27. The molecule has 3 aromatic rings. The molecule has 0 aliphatic rings. The van der Waals surface area contributed by atoms with Gasteiger partial charge in [0.15, 0.2) is 5.96 Å². The molecule has 1 aromatic heterocycles. The Morgan fingerprint density at radius 2 is 1.73 bits per heavy atom. The highest BCUT2D eigenvalue weighted by Crippen LogP contribution is 2.16. The lowest BCUT2D eigenvalue weighted by Gasteiger charge is -2.08. The molecule has 0 atom stereocenters. The van der Waals surface area contributed by atoms with Crippen LogP contribution in [0.2, 0.25) is 0 Å². The molecule has 7 nitrogen and oxygen atoms in total. The minimum Gasteiger partial charge on any atom is -0.497 e. The number of methoxy groups -OCH3 is 1. The van der Waals surface area contributed by atoms with Gasteiger partial charge in [0.2, 0.25) is 5.88 Å². The van der Waals surface area contributed by atoms with Gasteiger partial charge in [-0.15, -0.1) is 24.0 Å². The van der Waals surface area contributed by atoms with Crippen molar-refractivity contribution in [3.8, 4) is 17.4 Å². The highest BCUT2D eigenvalue weighted by Gasteiger charge is 2.00. The zero-order chi connectivity index (χ0) is 20.3. The van der Waals surface area contributed by atoms with Crippen LogP contribution in [-0.4, -0.2) is 31.3 Å². The van der Waals surface area contributed by atoms with Crippen LogP contribution in [0.3, 0.4) is 0 Å². The number of halogens is 1. The minimum absolute atomic E-state index is 0. The number of anilines is 1. The highest BCUT2D eigenvalue weighted by molar-refractivity contribution is 14.0. The van der Waals surface area contributed by atoms with Crippen molar-refractivity contribution in [2.45, 2.75) is 6.54 Å². The number of guanidine groups is 1. The fourth-order valence-electron chi connectivity index (χ4n) is 2.48. The standard InChI is InChI=1S/C22H24N4O3.HI/c1-27-20-9-5-6-18(14-20)26-22(23)25-16-17-10-11-21(24-15-17)29-13-12-28-19-7-3-2-4-8-19;/h2-11,14-15H,12-13,16H2,1H3,(H3,23,25,26);1H. The molecule has 0 bridgehead atoms. The maximum atomic E-state index is 5.94. The molecule has 0 amide bonds. The second-order valence-electron chi connectivity index (χ2n) is 6.07. The third kappa shape index (κ3) is 7.78. The van der Waals surface area contributed by atoms with E-state index in [1.165, 1.54) is 0 Å². The minimum atomic E-state index is 0. The number of hydrogen-bond donors (Lipinski definition) is 2. The Morgan fingerprint density at radius 3 is 2.47 bits per heavy atom. The Labute approximate surface area is 193 Å². The summed E-state index contributed by atoms with van der Waals surface area (Å²) < 4.78 is 16.4. The number of para-hydroxylation sites is 1. The zero-order valence-electron chi connectivity index (χ0n) is 16.7. The van der Waals surface area contributed by atoms with Crippen molar-refractivity contribution in [3.05, 3.63) is 78.5 Å². The van der Waals surface area contributed by atoms with E-state index in [9.17, 15) is 0 Å². The van der Waals surface area contributed by atoms with Crippen LogP contribution in [-0.2, 0) is 6.54 Å². The maximum absolute atomic E-state index is 5.94. The third-order valence-electron chi connectivity index (χ3n) is 3.92. The largest absolute Gasteiger partial charge is 0.497 e. The molecule has 0 fully saturated rings. The summed E-state index contributed by atoms with van der Waals surface area (Å²) in [7, 11) is 1.62. The second kappa shape index (κ2) is 12.5. The molecule has 0 radical (unpaired) electrons. The van der Waals surface area contributed by atoms with Crippen LogP contribution in [0.25, 0.3) is 0 Å². The molecule has 0 unspecified atom stereocenters. The Kier molecular flexibility index (Phi) is 9.72. The Bertz CT molecular complexity index is 921. The summed E-state index contributed by atoms with van der Waals surface area (Å²) in [6.07, 6.45) is 1.72. The molecule has 2 aromatic carbocycles. The number of rotatable bonds is 9. The van der Waals surface area contributed by atoms with Crippen LogP contribution in [0.5, 0.6) is 17.4 Å². The number of aliphatic imine (C=N–C) groups is 1. The molecule has 8 heteroatoms. The first-order valence-corrected chi connectivity index (χ1v) is 9.19. The topological polar surface area (TPSA) is 91.0 Å². The summed E-state index contributed by atoms with van der Waals surface area (Å²) in [5.74, 6) is 2.42. The first kappa shape index (κ1) is 23.3. The van der Waals surface area contributed by atoms with Gasteiger partial charge in [-0.3, -0.25) is 0 Å². The fraction of sp³-hybridized carbons (Fsp3) is 0.182. The Hall–Kier alpha value is -3.01. The van der Waals surface area contributed by atoms with Crippen LogP contribution >= 0.6 is 24.0 Å². The molecule has 0 spiro atoms. The van der Waals surface area contributed by atoms with Crippen molar-refractivity contribution in [2.75, 3.05) is 25.6 Å². The van der Waals surface area contributed by atoms with Gasteiger partial charge in [0.1, 0.15) is 24.7 Å². The molecule has 30 heavy (non-hydrogen) atoms. The third-order valence-corrected chi connectivity index (χ3v) is 3.92.